The lowest BCUT2D eigenvalue weighted by molar-refractivity contribution is -0.144. The Balaban J connectivity index is 2.01. The number of imide groups is 1. The number of hydrogen-bond donors (Lipinski definition) is 0. The molecule has 3 heteroatoms. The van der Waals surface area contributed by atoms with Crippen LogP contribution in [0.4, 0.5) is 0 Å². The number of carbonyl (C=O) groups is 2. The molecule has 1 heterocycles. The molecule has 1 saturated carbocycles. The Hall–Kier alpha value is -1.12. The van der Waals surface area contributed by atoms with Crippen molar-refractivity contribution in [1.82, 2.24) is 4.90 Å². The van der Waals surface area contributed by atoms with Crippen LogP contribution in [0.3, 0.4) is 0 Å². The van der Waals surface area contributed by atoms with Gasteiger partial charge in [-0.2, -0.15) is 0 Å². The average Bonchev–Trinajstić information content (AvgIpc) is 2.73. The molecule has 2 rings (SSSR count). The first-order valence-corrected chi connectivity index (χ1v) is 5.19. The molecule has 3 nitrogen and oxygen atoms in total. The van der Waals surface area contributed by atoms with Crippen molar-refractivity contribution >= 4 is 11.8 Å². The summed E-state index contributed by atoms with van der Waals surface area (Å²) in [5.74, 6) is 0.0724. The van der Waals surface area contributed by atoms with E-state index in [9.17, 15) is 9.59 Å². The smallest absolute Gasteiger partial charge is 0.232 e. The minimum atomic E-state index is 0.00696. The Bertz CT molecular complexity index is 296. The van der Waals surface area contributed by atoms with E-state index in [4.69, 9.17) is 0 Å². The highest BCUT2D eigenvalue weighted by Crippen LogP contribution is 2.31. The molecule has 0 aromatic rings. The van der Waals surface area contributed by atoms with Gasteiger partial charge in [0.1, 0.15) is 0 Å². The lowest BCUT2D eigenvalue weighted by Crippen LogP contribution is -2.36. The molecule has 0 aromatic carbocycles. The van der Waals surface area contributed by atoms with Crippen LogP contribution in [-0.4, -0.2) is 23.3 Å². The molecule has 1 unspecified atom stereocenters. The molecule has 0 spiro atoms. The van der Waals surface area contributed by atoms with Crippen LogP contribution in [0.1, 0.15) is 32.1 Å². The van der Waals surface area contributed by atoms with Crippen molar-refractivity contribution < 1.29 is 9.59 Å². The zero-order valence-corrected chi connectivity index (χ0v) is 8.29. The molecule has 14 heavy (non-hydrogen) atoms. The fourth-order valence-corrected chi connectivity index (χ4v) is 2.24. The van der Waals surface area contributed by atoms with E-state index in [1.807, 2.05) is 0 Å². The Morgan fingerprint density at radius 2 is 2.21 bits per heavy atom. The summed E-state index contributed by atoms with van der Waals surface area (Å²) in [6.45, 7) is 4.50. The third-order valence-electron chi connectivity index (χ3n) is 3.07. The molecule has 1 aliphatic heterocycles. The van der Waals surface area contributed by atoms with Gasteiger partial charge in [0.05, 0.1) is 0 Å². The molecular weight excluding hydrogens is 178 g/mol. The summed E-state index contributed by atoms with van der Waals surface area (Å²) in [6.07, 6.45) is 3.97. The summed E-state index contributed by atoms with van der Waals surface area (Å²) in [5.41, 5.74) is 1.15. The van der Waals surface area contributed by atoms with Crippen LogP contribution < -0.4 is 0 Å². The van der Waals surface area contributed by atoms with Crippen molar-refractivity contribution in [3.63, 3.8) is 0 Å². The summed E-state index contributed by atoms with van der Waals surface area (Å²) in [5, 5.41) is 0. The van der Waals surface area contributed by atoms with E-state index in [1.54, 1.807) is 0 Å². The number of amides is 2. The van der Waals surface area contributed by atoms with E-state index in [2.05, 4.69) is 6.58 Å². The van der Waals surface area contributed by atoms with Crippen LogP contribution in [0.25, 0.3) is 0 Å². The average molecular weight is 193 g/mol. The normalized spacial score (nSPS) is 27.4. The summed E-state index contributed by atoms with van der Waals surface area (Å²) < 4.78 is 0. The standard InChI is InChI=1S/C11H15NO2/c1-8-4-5-9(7-8)11(14)12-6-2-3-10(12)13/h9H,1-7H2. The number of rotatable bonds is 1. The highest BCUT2D eigenvalue weighted by molar-refractivity contribution is 5.97. The van der Waals surface area contributed by atoms with Gasteiger partial charge in [0.25, 0.3) is 0 Å². The van der Waals surface area contributed by atoms with E-state index in [0.717, 1.165) is 31.3 Å². The molecule has 0 N–H and O–H groups in total. The zero-order chi connectivity index (χ0) is 10.1. The van der Waals surface area contributed by atoms with Crippen molar-refractivity contribution in [3.05, 3.63) is 12.2 Å². The summed E-state index contributed by atoms with van der Waals surface area (Å²) in [6, 6.07) is 0. The largest absolute Gasteiger partial charge is 0.282 e. The van der Waals surface area contributed by atoms with Crippen molar-refractivity contribution in [3.8, 4) is 0 Å². The second-order valence-electron chi connectivity index (χ2n) is 4.18. The molecule has 2 aliphatic rings. The Morgan fingerprint density at radius 1 is 1.43 bits per heavy atom. The van der Waals surface area contributed by atoms with Gasteiger partial charge in [0.15, 0.2) is 0 Å². The van der Waals surface area contributed by atoms with Gasteiger partial charge in [0.2, 0.25) is 11.8 Å². The highest BCUT2D eigenvalue weighted by atomic mass is 16.2. The van der Waals surface area contributed by atoms with Crippen LogP contribution in [0.5, 0.6) is 0 Å². The first kappa shape index (κ1) is 9.44. The first-order chi connectivity index (χ1) is 6.68. The molecular formula is C11H15NO2. The molecule has 1 aliphatic carbocycles. The maximum atomic E-state index is 11.9. The maximum Gasteiger partial charge on any atom is 0.232 e. The van der Waals surface area contributed by atoms with Crippen LogP contribution in [0.2, 0.25) is 0 Å². The number of nitrogens with zero attached hydrogens (tertiary/aromatic N) is 1. The third-order valence-corrected chi connectivity index (χ3v) is 3.07. The number of allylic oxidation sites excluding steroid dienone is 1. The summed E-state index contributed by atoms with van der Waals surface area (Å²) in [4.78, 5) is 24.6. The van der Waals surface area contributed by atoms with Crippen molar-refractivity contribution in [2.75, 3.05) is 6.54 Å². The van der Waals surface area contributed by atoms with E-state index >= 15 is 0 Å². The van der Waals surface area contributed by atoms with Gasteiger partial charge in [-0.15, -0.1) is 0 Å². The van der Waals surface area contributed by atoms with Gasteiger partial charge < -0.3 is 0 Å². The van der Waals surface area contributed by atoms with Gasteiger partial charge >= 0.3 is 0 Å². The molecule has 0 radical (unpaired) electrons. The topological polar surface area (TPSA) is 37.4 Å². The minimum Gasteiger partial charge on any atom is -0.282 e. The summed E-state index contributed by atoms with van der Waals surface area (Å²) in [7, 11) is 0. The van der Waals surface area contributed by atoms with Crippen molar-refractivity contribution in [2.45, 2.75) is 32.1 Å². The Morgan fingerprint density at radius 3 is 2.71 bits per heavy atom. The maximum absolute atomic E-state index is 11.9. The van der Waals surface area contributed by atoms with Crippen LogP contribution in [-0.2, 0) is 9.59 Å². The van der Waals surface area contributed by atoms with Crippen molar-refractivity contribution in [2.24, 2.45) is 5.92 Å². The second kappa shape index (κ2) is 3.56. The monoisotopic (exact) mass is 193 g/mol. The molecule has 2 amide bonds. The van der Waals surface area contributed by atoms with Crippen LogP contribution in [0.15, 0.2) is 12.2 Å². The Kier molecular flexibility index (Phi) is 2.40. The molecule has 0 aromatic heterocycles. The molecule has 0 bridgehead atoms. The second-order valence-corrected chi connectivity index (χ2v) is 4.18. The van der Waals surface area contributed by atoms with Gasteiger partial charge in [-0.25, -0.2) is 0 Å². The first-order valence-electron chi connectivity index (χ1n) is 5.19. The van der Waals surface area contributed by atoms with E-state index in [1.165, 1.54) is 4.90 Å². The molecule has 1 atom stereocenters. The van der Waals surface area contributed by atoms with E-state index in [0.29, 0.717) is 13.0 Å². The van der Waals surface area contributed by atoms with Gasteiger partial charge in [-0.05, 0) is 25.7 Å². The number of likely N-dealkylation sites (tertiary alicyclic amines) is 1. The van der Waals surface area contributed by atoms with E-state index < -0.39 is 0 Å². The SMILES string of the molecule is C=C1CCC(C(=O)N2CCCC2=O)C1. The van der Waals surface area contributed by atoms with Crippen molar-refractivity contribution in [1.29, 1.82) is 0 Å². The third kappa shape index (κ3) is 1.59. The quantitative estimate of drug-likeness (QED) is 0.467. The number of hydrogen-bond acceptors (Lipinski definition) is 2. The lowest BCUT2D eigenvalue weighted by Gasteiger charge is -2.17. The highest BCUT2D eigenvalue weighted by Gasteiger charge is 2.33. The fourth-order valence-electron chi connectivity index (χ4n) is 2.24. The minimum absolute atomic E-state index is 0.00696. The zero-order valence-electron chi connectivity index (χ0n) is 8.29. The van der Waals surface area contributed by atoms with Crippen LogP contribution in [0, 0.1) is 5.92 Å². The van der Waals surface area contributed by atoms with Gasteiger partial charge in [-0.3, -0.25) is 14.5 Å². The Labute approximate surface area is 83.8 Å². The molecule has 2 fully saturated rings. The van der Waals surface area contributed by atoms with Crippen LogP contribution >= 0.6 is 0 Å². The van der Waals surface area contributed by atoms with E-state index in [-0.39, 0.29) is 17.7 Å². The predicted molar refractivity (Wildman–Crippen MR) is 52.4 cm³/mol. The molecule has 76 valence electrons. The summed E-state index contributed by atoms with van der Waals surface area (Å²) >= 11 is 0. The van der Waals surface area contributed by atoms with Gasteiger partial charge in [0, 0.05) is 18.9 Å². The predicted octanol–water partition coefficient (Wildman–Crippen LogP) is 1.49. The fraction of sp³-hybridized carbons (Fsp3) is 0.636. The van der Waals surface area contributed by atoms with Gasteiger partial charge in [-0.1, -0.05) is 12.2 Å². The lowest BCUT2D eigenvalue weighted by atomic mass is 10.1. The number of carbonyl (C=O) groups excluding carboxylic acids is 2. The molecule has 1 saturated heterocycles.